The number of aryl methyl sites for hydroxylation is 3. The van der Waals surface area contributed by atoms with Crippen LogP contribution in [0.4, 0.5) is 0 Å². The topological polar surface area (TPSA) is 63.6 Å². The van der Waals surface area contributed by atoms with Crippen molar-refractivity contribution in [3.63, 3.8) is 0 Å². The number of nitrogens with zero attached hydrogens (tertiary/aromatic N) is 3. The molecule has 5 heteroatoms. The van der Waals surface area contributed by atoms with Gasteiger partial charge in [-0.2, -0.15) is 4.68 Å². The normalized spacial score (nSPS) is 11.2. The molecule has 2 aromatic heterocycles. The molecule has 0 fully saturated rings. The second-order valence-corrected chi connectivity index (χ2v) is 7.03. The molecule has 138 valence electrons. The number of aromatic nitrogens is 4. The molecule has 0 saturated carbocycles. The number of H-pyrrole nitrogens is 1. The number of rotatable bonds is 10. The average Bonchev–Trinajstić information content (AvgIpc) is 2.84. The molecule has 0 atom stereocenters. The first kappa shape index (κ1) is 19.4. The zero-order valence-electron chi connectivity index (χ0n) is 16.2. The Balaban J connectivity index is 1.92. The van der Waals surface area contributed by atoms with Gasteiger partial charge in [0, 0.05) is 22.6 Å². The molecule has 1 N–H and O–H groups in total. The van der Waals surface area contributed by atoms with Crippen molar-refractivity contribution in [2.45, 2.75) is 85.5 Å². The molecule has 0 saturated heterocycles. The van der Waals surface area contributed by atoms with Gasteiger partial charge in [-0.3, -0.25) is 9.89 Å². The van der Waals surface area contributed by atoms with Crippen molar-refractivity contribution < 1.29 is 0 Å². The van der Waals surface area contributed by atoms with Crippen molar-refractivity contribution >= 4 is 0 Å². The van der Waals surface area contributed by atoms with Crippen LogP contribution in [-0.2, 0) is 6.42 Å². The van der Waals surface area contributed by atoms with Crippen LogP contribution in [-0.4, -0.2) is 19.7 Å². The molecule has 5 nitrogen and oxygen atoms in total. The van der Waals surface area contributed by atoms with Crippen molar-refractivity contribution in [2.24, 2.45) is 0 Å². The van der Waals surface area contributed by atoms with Crippen molar-refractivity contribution in [3.05, 3.63) is 39.1 Å². The molecule has 0 aromatic carbocycles. The van der Waals surface area contributed by atoms with Gasteiger partial charge in [-0.1, -0.05) is 51.9 Å². The minimum atomic E-state index is -0.00885. The summed E-state index contributed by atoms with van der Waals surface area (Å²) in [6.07, 6.45) is 11.0. The zero-order valence-corrected chi connectivity index (χ0v) is 16.2. The van der Waals surface area contributed by atoms with Crippen molar-refractivity contribution in [1.29, 1.82) is 0 Å². The average molecular weight is 345 g/mol. The Morgan fingerprint density at radius 3 is 2.08 bits per heavy atom. The van der Waals surface area contributed by atoms with Gasteiger partial charge in [0.2, 0.25) is 0 Å². The van der Waals surface area contributed by atoms with Gasteiger partial charge < -0.3 is 0 Å². The fourth-order valence-corrected chi connectivity index (χ4v) is 3.26. The minimum absolute atomic E-state index is 0.00885. The summed E-state index contributed by atoms with van der Waals surface area (Å²) in [5.41, 5.74) is 3.52. The lowest BCUT2D eigenvalue weighted by Crippen LogP contribution is -2.20. The van der Waals surface area contributed by atoms with Gasteiger partial charge in [0.25, 0.3) is 11.5 Å². The highest BCUT2D eigenvalue weighted by molar-refractivity contribution is 5.23. The van der Waals surface area contributed by atoms with E-state index in [0.29, 0.717) is 5.95 Å². The second-order valence-electron chi connectivity index (χ2n) is 7.03. The van der Waals surface area contributed by atoms with Crippen LogP contribution in [0.3, 0.4) is 0 Å². The fraction of sp³-hybridized carbons (Fsp3) is 0.650. The number of nitrogens with one attached hydrogen (secondary N) is 1. The molecule has 0 bridgehead atoms. The molecule has 0 spiro atoms. The largest absolute Gasteiger partial charge is 0.292 e. The van der Waals surface area contributed by atoms with E-state index < -0.39 is 0 Å². The monoisotopic (exact) mass is 344 g/mol. The van der Waals surface area contributed by atoms with Gasteiger partial charge in [-0.25, -0.2) is 9.97 Å². The van der Waals surface area contributed by atoms with Gasteiger partial charge >= 0.3 is 0 Å². The maximum Gasteiger partial charge on any atom is 0.277 e. The molecule has 0 amide bonds. The maximum atomic E-state index is 12.7. The van der Waals surface area contributed by atoms with E-state index in [1.54, 1.807) is 0 Å². The lowest BCUT2D eigenvalue weighted by Gasteiger charge is -2.02. The fourth-order valence-electron chi connectivity index (χ4n) is 3.26. The van der Waals surface area contributed by atoms with Crippen LogP contribution in [0.1, 0.15) is 80.9 Å². The molecule has 2 aromatic rings. The first-order valence-electron chi connectivity index (χ1n) is 9.66. The smallest absolute Gasteiger partial charge is 0.277 e. The lowest BCUT2D eigenvalue weighted by atomic mass is 10.0. The predicted octanol–water partition coefficient (Wildman–Crippen LogP) is 4.56. The molecule has 2 rings (SSSR count). The predicted molar refractivity (Wildman–Crippen MR) is 103 cm³/mol. The van der Waals surface area contributed by atoms with E-state index in [-0.39, 0.29) is 5.56 Å². The first-order valence-corrected chi connectivity index (χ1v) is 9.66. The van der Waals surface area contributed by atoms with Crippen LogP contribution >= 0.6 is 0 Å². The molecule has 25 heavy (non-hydrogen) atoms. The van der Waals surface area contributed by atoms with Crippen LogP contribution in [0.5, 0.6) is 0 Å². The Labute approximate surface area is 150 Å². The number of hydrogen-bond acceptors (Lipinski definition) is 3. The molecular formula is C20H32N4O. The Morgan fingerprint density at radius 2 is 1.48 bits per heavy atom. The Morgan fingerprint density at radius 1 is 0.920 bits per heavy atom. The van der Waals surface area contributed by atoms with Crippen LogP contribution < -0.4 is 5.56 Å². The third kappa shape index (κ3) is 5.55. The summed E-state index contributed by atoms with van der Waals surface area (Å²) in [7, 11) is 0. The molecular weight excluding hydrogens is 312 g/mol. The second kappa shape index (κ2) is 9.54. The van der Waals surface area contributed by atoms with E-state index in [1.165, 1.54) is 49.6 Å². The summed E-state index contributed by atoms with van der Waals surface area (Å²) >= 11 is 0. The van der Waals surface area contributed by atoms with Gasteiger partial charge in [-0.05, 0) is 39.7 Å². The summed E-state index contributed by atoms with van der Waals surface area (Å²) in [5.74, 6) is 0.438. The summed E-state index contributed by atoms with van der Waals surface area (Å²) in [5, 5.41) is 3.14. The quantitative estimate of drug-likeness (QED) is 0.642. The van der Waals surface area contributed by atoms with Gasteiger partial charge in [0.05, 0.1) is 0 Å². The van der Waals surface area contributed by atoms with Crippen LogP contribution in [0.2, 0.25) is 0 Å². The van der Waals surface area contributed by atoms with Gasteiger partial charge in [0.1, 0.15) is 0 Å². The van der Waals surface area contributed by atoms with Crippen LogP contribution in [0, 0.1) is 20.8 Å². The standard InChI is InChI=1S/C20H32N4O/c1-5-6-7-8-9-10-11-12-13-18-17(4)23-24(19(18)25)20-21-15(2)14-16(3)22-20/h14,23H,5-13H2,1-4H3. The highest BCUT2D eigenvalue weighted by Crippen LogP contribution is 2.12. The summed E-state index contributed by atoms with van der Waals surface area (Å²) in [4.78, 5) is 21.5. The lowest BCUT2D eigenvalue weighted by molar-refractivity contribution is 0.575. The van der Waals surface area contributed by atoms with Crippen LogP contribution in [0.25, 0.3) is 5.95 Å². The van der Waals surface area contributed by atoms with E-state index in [9.17, 15) is 4.79 Å². The molecule has 0 aliphatic rings. The van der Waals surface area contributed by atoms with Crippen molar-refractivity contribution in [3.8, 4) is 5.95 Å². The molecule has 0 aliphatic heterocycles. The van der Waals surface area contributed by atoms with E-state index in [0.717, 1.165) is 35.5 Å². The number of hydrogen-bond donors (Lipinski definition) is 1. The maximum absolute atomic E-state index is 12.7. The summed E-state index contributed by atoms with van der Waals surface area (Å²) < 4.78 is 1.48. The highest BCUT2D eigenvalue weighted by Gasteiger charge is 2.14. The van der Waals surface area contributed by atoms with Gasteiger partial charge in [-0.15, -0.1) is 0 Å². The molecule has 2 heterocycles. The van der Waals surface area contributed by atoms with Crippen LogP contribution in [0.15, 0.2) is 10.9 Å². The number of unbranched alkanes of at least 4 members (excludes halogenated alkanes) is 7. The van der Waals surface area contributed by atoms with E-state index in [4.69, 9.17) is 0 Å². The summed E-state index contributed by atoms with van der Waals surface area (Å²) in [6.45, 7) is 8.04. The third-order valence-corrected chi connectivity index (χ3v) is 4.64. The summed E-state index contributed by atoms with van der Waals surface area (Å²) in [6, 6.07) is 1.91. The molecule has 0 radical (unpaired) electrons. The zero-order chi connectivity index (χ0) is 18.2. The molecule has 0 aliphatic carbocycles. The van der Waals surface area contributed by atoms with E-state index >= 15 is 0 Å². The van der Waals surface area contributed by atoms with Gasteiger partial charge in [0.15, 0.2) is 0 Å². The van der Waals surface area contributed by atoms with E-state index in [2.05, 4.69) is 22.0 Å². The molecule has 0 unspecified atom stereocenters. The number of aromatic amines is 1. The highest BCUT2D eigenvalue weighted by atomic mass is 16.1. The Hall–Kier alpha value is -1.91. The van der Waals surface area contributed by atoms with E-state index in [1.807, 2.05) is 26.8 Å². The van der Waals surface area contributed by atoms with Crippen molar-refractivity contribution in [1.82, 2.24) is 19.7 Å². The minimum Gasteiger partial charge on any atom is -0.292 e. The van der Waals surface area contributed by atoms with Crippen molar-refractivity contribution in [2.75, 3.05) is 0 Å². The SMILES string of the molecule is CCCCCCCCCCc1c(C)[nH]n(-c2nc(C)cc(C)n2)c1=O. The first-order chi connectivity index (χ1) is 12.0. The Bertz CT molecular complexity index is 710. The third-order valence-electron chi connectivity index (χ3n) is 4.64. The Kier molecular flexibility index (Phi) is 7.41.